The SMILES string of the molecule is C=C(F)/C(=C\C(=C/C)C(F)(F)F)c1cc(Nc2ncnc(N)n2)c2ccccc2n1. The average Bonchev–Trinajstić information content (AvgIpc) is 2.67. The molecule has 0 radical (unpaired) electrons. The molecule has 10 heteroatoms. The second-order valence-corrected chi connectivity index (χ2v) is 6.07. The lowest BCUT2D eigenvalue weighted by molar-refractivity contribution is -0.0882. The molecule has 0 aliphatic rings. The summed E-state index contributed by atoms with van der Waals surface area (Å²) in [5, 5.41) is 3.54. The number of allylic oxidation sites excluding steroid dienone is 5. The predicted octanol–water partition coefficient (Wildman–Crippen LogP) is 5.12. The van der Waals surface area contributed by atoms with E-state index in [2.05, 4.69) is 31.8 Å². The Hall–Kier alpha value is -3.82. The van der Waals surface area contributed by atoms with Crippen LogP contribution in [0.25, 0.3) is 16.5 Å². The molecule has 0 fully saturated rings. The smallest absolute Gasteiger partial charge is 0.368 e. The van der Waals surface area contributed by atoms with Crippen LogP contribution in [0.3, 0.4) is 0 Å². The molecule has 6 nitrogen and oxygen atoms in total. The Labute approximate surface area is 168 Å². The lowest BCUT2D eigenvalue weighted by Gasteiger charge is -2.14. The highest BCUT2D eigenvalue weighted by atomic mass is 19.4. The van der Waals surface area contributed by atoms with Gasteiger partial charge in [0, 0.05) is 11.0 Å². The van der Waals surface area contributed by atoms with E-state index in [1.54, 1.807) is 24.3 Å². The van der Waals surface area contributed by atoms with Crippen LogP contribution in [-0.4, -0.2) is 26.1 Å². The summed E-state index contributed by atoms with van der Waals surface area (Å²) in [5.74, 6) is -0.970. The second-order valence-electron chi connectivity index (χ2n) is 6.07. The summed E-state index contributed by atoms with van der Waals surface area (Å²) in [5.41, 5.74) is 4.90. The van der Waals surface area contributed by atoms with E-state index in [0.717, 1.165) is 6.08 Å². The third-order valence-corrected chi connectivity index (χ3v) is 4.06. The zero-order valence-electron chi connectivity index (χ0n) is 15.7. The number of benzene rings is 1. The minimum absolute atomic E-state index is 0.0216. The zero-order chi connectivity index (χ0) is 21.9. The van der Waals surface area contributed by atoms with E-state index in [4.69, 9.17) is 5.73 Å². The molecule has 3 rings (SSSR count). The molecule has 2 aromatic heterocycles. The Morgan fingerprint density at radius 2 is 1.90 bits per heavy atom. The number of nitrogen functional groups attached to an aromatic ring is 1. The number of hydrogen-bond donors (Lipinski definition) is 2. The Kier molecular flexibility index (Phi) is 5.77. The molecule has 2 heterocycles. The summed E-state index contributed by atoms with van der Waals surface area (Å²) in [6, 6.07) is 8.22. The summed E-state index contributed by atoms with van der Waals surface area (Å²) in [7, 11) is 0. The number of nitrogens with two attached hydrogens (primary N) is 1. The van der Waals surface area contributed by atoms with Crippen LogP contribution < -0.4 is 11.1 Å². The standard InChI is InChI=1S/C20H16F4N6/c1-3-12(20(22,23)24)8-14(11(2)21)17-9-16(13-6-4-5-7-15(13)28-17)29-19-27-10-26-18(25)30-19/h3-10H,2H2,1H3,(H3,25,26,27,28,29,30)/b12-3+,14-8+. The van der Waals surface area contributed by atoms with Gasteiger partial charge in [-0.25, -0.2) is 19.3 Å². The predicted molar refractivity (Wildman–Crippen MR) is 107 cm³/mol. The molecular weight excluding hydrogens is 400 g/mol. The zero-order valence-corrected chi connectivity index (χ0v) is 15.7. The van der Waals surface area contributed by atoms with Gasteiger partial charge in [-0.1, -0.05) is 30.9 Å². The monoisotopic (exact) mass is 416 g/mol. The van der Waals surface area contributed by atoms with E-state index in [-0.39, 0.29) is 17.6 Å². The first-order valence-electron chi connectivity index (χ1n) is 8.60. The van der Waals surface area contributed by atoms with Crippen molar-refractivity contribution in [3.05, 3.63) is 72.5 Å². The number of pyridine rings is 1. The summed E-state index contributed by atoms with van der Waals surface area (Å²) in [4.78, 5) is 15.9. The van der Waals surface area contributed by atoms with E-state index in [0.29, 0.717) is 22.7 Å². The van der Waals surface area contributed by atoms with Crippen LogP contribution in [0.2, 0.25) is 0 Å². The number of fused-ring (bicyclic) bond motifs is 1. The quantitative estimate of drug-likeness (QED) is 0.443. The van der Waals surface area contributed by atoms with Gasteiger partial charge in [-0.15, -0.1) is 0 Å². The fourth-order valence-electron chi connectivity index (χ4n) is 2.68. The highest BCUT2D eigenvalue weighted by molar-refractivity contribution is 5.95. The molecule has 0 unspecified atom stereocenters. The van der Waals surface area contributed by atoms with Gasteiger partial charge in [-0.2, -0.15) is 18.2 Å². The molecule has 3 N–H and O–H groups in total. The van der Waals surface area contributed by atoms with Gasteiger partial charge in [0.25, 0.3) is 0 Å². The van der Waals surface area contributed by atoms with Crippen LogP contribution in [0.15, 0.2) is 66.8 Å². The minimum atomic E-state index is -4.66. The Morgan fingerprint density at radius 1 is 1.17 bits per heavy atom. The van der Waals surface area contributed by atoms with Crippen molar-refractivity contribution in [2.24, 2.45) is 0 Å². The molecular formula is C20H16F4N6. The maximum atomic E-state index is 14.2. The van der Waals surface area contributed by atoms with Crippen LogP contribution in [-0.2, 0) is 0 Å². The number of halogens is 4. The van der Waals surface area contributed by atoms with Crippen LogP contribution in [0, 0.1) is 0 Å². The molecule has 154 valence electrons. The number of nitrogens with one attached hydrogen (secondary N) is 1. The first kappa shape index (κ1) is 20.9. The first-order valence-corrected chi connectivity index (χ1v) is 8.60. The van der Waals surface area contributed by atoms with Gasteiger partial charge < -0.3 is 11.1 Å². The Bertz CT molecular complexity index is 1170. The highest BCUT2D eigenvalue weighted by Crippen LogP contribution is 2.34. The topological polar surface area (TPSA) is 89.6 Å². The van der Waals surface area contributed by atoms with Crippen molar-refractivity contribution in [3.8, 4) is 0 Å². The van der Waals surface area contributed by atoms with Crippen LogP contribution in [0.5, 0.6) is 0 Å². The summed E-state index contributed by atoms with van der Waals surface area (Å²) in [6.07, 6.45) is -1.94. The van der Waals surface area contributed by atoms with Gasteiger partial charge in [0.15, 0.2) is 0 Å². The van der Waals surface area contributed by atoms with Crippen molar-refractivity contribution >= 4 is 34.1 Å². The first-order chi connectivity index (χ1) is 14.2. The van der Waals surface area contributed by atoms with E-state index in [9.17, 15) is 17.6 Å². The maximum absolute atomic E-state index is 14.2. The van der Waals surface area contributed by atoms with Gasteiger partial charge in [0.1, 0.15) is 12.2 Å². The lowest BCUT2D eigenvalue weighted by atomic mass is 10.0. The number of nitrogens with zero attached hydrogens (tertiary/aromatic N) is 4. The van der Waals surface area contributed by atoms with Crippen LogP contribution in [0.1, 0.15) is 12.6 Å². The van der Waals surface area contributed by atoms with E-state index < -0.39 is 23.1 Å². The van der Waals surface area contributed by atoms with E-state index in [1.807, 2.05) is 0 Å². The van der Waals surface area contributed by atoms with Gasteiger partial charge in [-0.3, -0.25) is 0 Å². The molecule has 0 saturated carbocycles. The number of anilines is 3. The molecule has 30 heavy (non-hydrogen) atoms. The van der Waals surface area contributed by atoms with E-state index >= 15 is 0 Å². The number of hydrogen-bond acceptors (Lipinski definition) is 6. The van der Waals surface area contributed by atoms with Crippen molar-refractivity contribution in [1.29, 1.82) is 0 Å². The average molecular weight is 416 g/mol. The number of alkyl halides is 3. The summed E-state index contributed by atoms with van der Waals surface area (Å²) in [6.45, 7) is 4.38. The largest absolute Gasteiger partial charge is 0.416 e. The van der Waals surface area contributed by atoms with Crippen molar-refractivity contribution in [2.45, 2.75) is 13.1 Å². The summed E-state index contributed by atoms with van der Waals surface area (Å²) < 4.78 is 53.7. The molecule has 0 aliphatic heterocycles. The molecule has 0 bridgehead atoms. The molecule has 3 aromatic rings. The van der Waals surface area contributed by atoms with Crippen molar-refractivity contribution < 1.29 is 17.6 Å². The van der Waals surface area contributed by atoms with Gasteiger partial charge in [-0.05, 0) is 25.1 Å². The normalized spacial score (nSPS) is 12.8. The van der Waals surface area contributed by atoms with Crippen molar-refractivity contribution in [1.82, 2.24) is 19.9 Å². The van der Waals surface area contributed by atoms with Gasteiger partial charge in [0.05, 0.1) is 22.5 Å². The lowest BCUT2D eigenvalue weighted by Crippen LogP contribution is -2.10. The third kappa shape index (κ3) is 4.59. The van der Waals surface area contributed by atoms with Crippen molar-refractivity contribution in [3.63, 3.8) is 0 Å². The van der Waals surface area contributed by atoms with Crippen LogP contribution >= 0.6 is 0 Å². The second kappa shape index (κ2) is 8.27. The summed E-state index contributed by atoms with van der Waals surface area (Å²) >= 11 is 0. The highest BCUT2D eigenvalue weighted by Gasteiger charge is 2.32. The number of rotatable bonds is 5. The molecule has 0 atom stereocenters. The fourth-order valence-corrected chi connectivity index (χ4v) is 2.68. The van der Waals surface area contributed by atoms with Crippen molar-refractivity contribution in [2.75, 3.05) is 11.1 Å². The molecule has 0 aliphatic carbocycles. The van der Waals surface area contributed by atoms with Gasteiger partial charge >= 0.3 is 6.18 Å². The fraction of sp³-hybridized carbons (Fsp3) is 0.100. The molecule has 0 saturated heterocycles. The number of para-hydroxylation sites is 1. The van der Waals surface area contributed by atoms with Crippen LogP contribution in [0.4, 0.5) is 35.1 Å². The van der Waals surface area contributed by atoms with Gasteiger partial charge in [0.2, 0.25) is 11.9 Å². The third-order valence-electron chi connectivity index (χ3n) is 4.06. The molecule has 0 spiro atoms. The molecule has 0 amide bonds. The Morgan fingerprint density at radius 3 is 2.53 bits per heavy atom. The Balaban J connectivity index is 2.19. The molecule has 1 aromatic carbocycles. The number of aromatic nitrogens is 4. The minimum Gasteiger partial charge on any atom is -0.368 e. The van der Waals surface area contributed by atoms with E-state index in [1.165, 1.54) is 19.3 Å². The maximum Gasteiger partial charge on any atom is 0.416 e.